The van der Waals surface area contributed by atoms with E-state index in [4.69, 9.17) is 14.5 Å². The highest BCUT2D eigenvalue weighted by Gasteiger charge is 2.21. The Labute approximate surface area is 425 Å². The van der Waals surface area contributed by atoms with Crippen molar-refractivity contribution >= 4 is 80.1 Å². The quantitative estimate of drug-likeness (QED) is 0.0186. The number of aromatic nitrogens is 9. The van der Waals surface area contributed by atoms with Crippen LogP contribution in [0.15, 0.2) is 117 Å². The third-order valence-corrected chi connectivity index (χ3v) is 12.9. The van der Waals surface area contributed by atoms with Gasteiger partial charge in [-0.15, -0.1) is 26.7 Å². The maximum Gasteiger partial charge on any atom is 0.407 e. The Morgan fingerprint density at radius 1 is 0.833 bits per heavy atom. The Bertz CT molecular complexity index is 3200. The van der Waals surface area contributed by atoms with Gasteiger partial charge >= 0.3 is 11.7 Å². The fourth-order valence-corrected chi connectivity index (χ4v) is 8.90. The van der Waals surface area contributed by atoms with Crippen molar-refractivity contribution in [3.63, 3.8) is 0 Å². The standard InChI is InChI=1S/C48H51N15O6S3/c1-5-26-70-45-55-39(49-20-21-52-47(67)69-48(2,3)4)38-40(56-45)62(61-58-38)28-30-16-18-33(19-17-30)41(64)50-22-24-68-25-23-51-42(65)35-27-53-44(72-35)59-57-37-36(32-14-10-7-11-15-32)60-63(43(37)66)46-54-34(29-71-46)31-12-8-6-9-13-31/h6-19,27,29,60H,5,20-26,28H2,1-4H3,(H,50,64)(H,51,65)(H,52,67)(H,49,55,56). The molecule has 0 atom stereocenters. The summed E-state index contributed by atoms with van der Waals surface area (Å²) in [6.45, 7) is 9.44. The molecule has 21 nitrogen and oxygen atoms in total. The van der Waals surface area contributed by atoms with Crippen molar-refractivity contribution in [1.82, 2.24) is 60.7 Å². The number of nitrogens with zero attached hydrogens (tertiary/aromatic N) is 10. The van der Waals surface area contributed by atoms with Gasteiger partial charge < -0.3 is 30.7 Å². The van der Waals surface area contributed by atoms with E-state index in [2.05, 4.69) is 68.8 Å². The van der Waals surface area contributed by atoms with Crippen LogP contribution in [0.1, 0.15) is 59.7 Å². The van der Waals surface area contributed by atoms with Gasteiger partial charge in [0.15, 0.2) is 27.8 Å². The van der Waals surface area contributed by atoms with Crippen LogP contribution >= 0.6 is 34.4 Å². The number of alkyl carbamates (subject to hydrolysis) is 1. The number of fused-ring (bicyclic) bond motifs is 1. The molecule has 372 valence electrons. The molecule has 8 aromatic rings. The van der Waals surface area contributed by atoms with E-state index in [9.17, 15) is 19.2 Å². The summed E-state index contributed by atoms with van der Waals surface area (Å²) in [7, 11) is 0. The van der Waals surface area contributed by atoms with Crippen molar-refractivity contribution in [1.29, 1.82) is 0 Å². The third-order valence-electron chi connectivity index (χ3n) is 10.1. The number of amides is 3. The minimum atomic E-state index is -0.596. The number of thiazole rings is 2. The first-order chi connectivity index (χ1) is 34.9. The summed E-state index contributed by atoms with van der Waals surface area (Å²) >= 11 is 3.87. The molecule has 3 aromatic carbocycles. The molecular weight excluding hydrogens is 979 g/mol. The number of H-pyrrole nitrogens is 1. The van der Waals surface area contributed by atoms with Crippen LogP contribution in [0.4, 0.5) is 21.4 Å². The summed E-state index contributed by atoms with van der Waals surface area (Å²) in [5, 5.41) is 35.1. The first-order valence-electron chi connectivity index (χ1n) is 22.9. The Balaban J connectivity index is 0.780. The van der Waals surface area contributed by atoms with Crippen molar-refractivity contribution in [3.8, 4) is 27.6 Å². The average molecular weight is 1030 g/mol. The number of aromatic amines is 1. The second kappa shape index (κ2) is 24.0. The van der Waals surface area contributed by atoms with Crippen LogP contribution in [-0.4, -0.2) is 113 Å². The van der Waals surface area contributed by atoms with Crippen molar-refractivity contribution in [2.24, 2.45) is 10.2 Å². The molecule has 24 heteroatoms. The first kappa shape index (κ1) is 50.7. The van der Waals surface area contributed by atoms with Crippen molar-refractivity contribution < 1.29 is 23.9 Å². The highest BCUT2D eigenvalue weighted by molar-refractivity contribution is 7.99. The number of ether oxygens (including phenoxy) is 2. The van der Waals surface area contributed by atoms with Gasteiger partial charge in [-0.05, 0) is 44.9 Å². The van der Waals surface area contributed by atoms with Crippen LogP contribution in [0.3, 0.4) is 0 Å². The molecule has 0 fully saturated rings. The highest BCUT2D eigenvalue weighted by atomic mass is 32.2. The number of rotatable bonds is 22. The molecule has 0 unspecified atom stereocenters. The van der Waals surface area contributed by atoms with Gasteiger partial charge in [0.05, 0.1) is 37.3 Å². The molecule has 72 heavy (non-hydrogen) atoms. The molecular formula is C48H51N15O6S3. The predicted molar refractivity (Wildman–Crippen MR) is 277 cm³/mol. The Kier molecular flexibility index (Phi) is 16.9. The van der Waals surface area contributed by atoms with E-state index in [0.717, 1.165) is 45.9 Å². The van der Waals surface area contributed by atoms with Crippen LogP contribution in [0, 0.1) is 0 Å². The zero-order valence-corrected chi connectivity index (χ0v) is 42.2. The molecule has 0 aliphatic heterocycles. The van der Waals surface area contributed by atoms with E-state index < -0.39 is 17.3 Å². The van der Waals surface area contributed by atoms with E-state index in [0.29, 0.717) is 63.0 Å². The summed E-state index contributed by atoms with van der Waals surface area (Å²) in [5.41, 5.74) is 4.29. The number of hydrogen-bond donors (Lipinski definition) is 5. The molecule has 0 aliphatic rings. The fraction of sp³-hybridized carbons (Fsp3) is 0.292. The molecule has 0 aliphatic carbocycles. The van der Waals surface area contributed by atoms with Crippen molar-refractivity contribution in [2.75, 3.05) is 50.5 Å². The molecule has 5 aromatic heterocycles. The summed E-state index contributed by atoms with van der Waals surface area (Å²) in [5.74, 6) is 0.710. The number of azo groups is 1. The van der Waals surface area contributed by atoms with E-state index >= 15 is 0 Å². The Morgan fingerprint density at radius 3 is 2.28 bits per heavy atom. The lowest BCUT2D eigenvalue weighted by Gasteiger charge is -2.19. The van der Waals surface area contributed by atoms with Gasteiger partial charge in [0, 0.05) is 54.0 Å². The first-order valence-corrected chi connectivity index (χ1v) is 25.6. The summed E-state index contributed by atoms with van der Waals surface area (Å²) in [4.78, 5) is 70.3. The van der Waals surface area contributed by atoms with Crippen LogP contribution in [-0.2, 0) is 16.0 Å². The second-order valence-corrected chi connectivity index (χ2v) is 19.6. The number of carbonyl (C=O) groups excluding carboxylic acids is 3. The average Bonchev–Trinajstić information content (AvgIpc) is 4.21. The number of nitrogens with one attached hydrogen (secondary N) is 5. The Hall–Kier alpha value is -7.67. The number of benzene rings is 3. The maximum atomic E-state index is 13.7. The lowest BCUT2D eigenvalue weighted by atomic mass is 10.1. The molecule has 0 saturated heterocycles. The monoisotopic (exact) mass is 1030 g/mol. The van der Waals surface area contributed by atoms with Crippen molar-refractivity contribution in [2.45, 2.75) is 51.4 Å². The van der Waals surface area contributed by atoms with Gasteiger partial charge in [-0.2, -0.15) is 4.68 Å². The third kappa shape index (κ3) is 13.4. The topological polar surface area (TPSA) is 263 Å². The largest absolute Gasteiger partial charge is 0.444 e. The van der Waals surface area contributed by atoms with E-state index in [-0.39, 0.29) is 48.9 Å². The number of thioether (sulfide) groups is 1. The minimum Gasteiger partial charge on any atom is -0.444 e. The smallest absolute Gasteiger partial charge is 0.407 e. The van der Waals surface area contributed by atoms with E-state index in [1.165, 1.54) is 34.0 Å². The SMILES string of the molecule is CCCSc1nc(NCCNC(=O)OC(C)(C)C)c2nnn(Cc3ccc(C(=O)NCCOCCNC(=O)c4cnc(N=Nc5c(-c6ccccc6)[nH]n(-c6nc(-c7ccccc7)cs6)c5=O)s4)cc3)c2n1. The molecule has 8 rings (SSSR count). The second-order valence-electron chi connectivity index (χ2n) is 16.7. The Morgan fingerprint density at radius 2 is 1.56 bits per heavy atom. The van der Waals surface area contributed by atoms with E-state index in [1.54, 1.807) is 37.6 Å². The zero-order valence-electron chi connectivity index (χ0n) is 39.7. The molecule has 0 bridgehead atoms. The van der Waals surface area contributed by atoms with Gasteiger partial charge in [-0.1, -0.05) is 108 Å². The highest BCUT2D eigenvalue weighted by Crippen LogP contribution is 2.31. The van der Waals surface area contributed by atoms with Gasteiger partial charge in [-0.25, -0.2) is 29.4 Å². The van der Waals surface area contributed by atoms with E-state index in [1.807, 2.05) is 78.2 Å². The molecule has 0 saturated carbocycles. The van der Waals surface area contributed by atoms with Gasteiger partial charge in [0.2, 0.25) is 10.3 Å². The summed E-state index contributed by atoms with van der Waals surface area (Å²) in [6.07, 6.45) is 1.84. The van der Waals surface area contributed by atoms with Gasteiger partial charge in [0.1, 0.15) is 10.5 Å². The predicted octanol–water partition coefficient (Wildman–Crippen LogP) is 8.03. The molecule has 0 radical (unpaired) electrons. The minimum absolute atomic E-state index is 0.0689. The van der Waals surface area contributed by atoms with Gasteiger partial charge in [0.25, 0.3) is 11.8 Å². The lowest BCUT2D eigenvalue weighted by molar-refractivity contribution is 0.0529. The van der Waals surface area contributed by atoms with Crippen LogP contribution in [0.2, 0.25) is 0 Å². The van der Waals surface area contributed by atoms with Crippen LogP contribution < -0.4 is 26.8 Å². The lowest BCUT2D eigenvalue weighted by Crippen LogP contribution is -2.35. The summed E-state index contributed by atoms with van der Waals surface area (Å²) in [6, 6.07) is 26.2. The zero-order chi connectivity index (χ0) is 50.5. The molecule has 5 heterocycles. The van der Waals surface area contributed by atoms with Gasteiger partial charge in [-0.3, -0.25) is 19.5 Å². The fourth-order valence-electron chi connectivity index (χ4n) is 6.76. The van der Waals surface area contributed by atoms with Crippen LogP contribution in [0.5, 0.6) is 0 Å². The number of carbonyl (C=O) groups is 3. The molecule has 0 spiro atoms. The normalized spacial score (nSPS) is 11.6. The maximum absolute atomic E-state index is 13.7. The summed E-state index contributed by atoms with van der Waals surface area (Å²) < 4.78 is 14.0. The van der Waals surface area contributed by atoms with Crippen molar-refractivity contribution in [3.05, 3.63) is 123 Å². The molecule has 5 N–H and O–H groups in total. The number of anilines is 1. The molecule has 3 amide bonds. The van der Waals surface area contributed by atoms with Crippen LogP contribution in [0.25, 0.3) is 38.8 Å². The number of hydrogen-bond acceptors (Lipinski definition) is 18.